The van der Waals surface area contributed by atoms with Gasteiger partial charge < -0.3 is 4.42 Å². The number of hydrogen-bond donors (Lipinski definition) is 0. The molecular formula is C34H35N2O+. The summed E-state index contributed by atoms with van der Waals surface area (Å²) in [6.45, 7) is 19.8. The summed E-state index contributed by atoms with van der Waals surface area (Å²) in [5.74, 6) is 0.409. The van der Waals surface area contributed by atoms with Crippen LogP contribution in [0.5, 0.6) is 0 Å². The van der Waals surface area contributed by atoms with Gasteiger partial charge >= 0.3 is 0 Å². The van der Waals surface area contributed by atoms with Crippen LogP contribution in [0.4, 0.5) is 5.69 Å². The summed E-state index contributed by atoms with van der Waals surface area (Å²) in [7, 11) is 1.88. The first-order chi connectivity index (χ1) is 18.8. The molecule has 0 aliphatic heterocycles. The molecule has 37 heavy (non-hydrogen) atoms. The van der Waals surface area contributed by atoms with Crippen molar-refractivity contribution in [3.8, 4) is 22.4 Å². The maximum absolute atomic E-state index is 8.89. The molecule has 0 unspecified atom stereocenters. The number of pyridine rings is 1. The Hall–Kier alpha value is -3.90. The number of aryl methyl sites for hydroxylation is 2. The average molecular weight is 491 g/mol. The summed E-state index contributed by atoms with van der Waals surface area (Å²) in [5, 5.41) is 1.86. The van der Waals surface area contributed by atoms with Crippen molar-refractivity contribution < 1.29 is 13.1 Å². The fourth-order valence-corrected chi connectivity index (χ4v) is 4.96. The van der Waals surface area contributed by atoms with Gasteiger partial charge in [-0.25, -0.2) is 9.41 Å². The minimum absolute atomic E-state index is 0.162. The lowest BCUT2D eigenvalue weighted by molar-refractivity contribution is -0.660. The largest absolute Gasteiger partial charge is 0.456 e. The summed E-state index contributed by atoms with van der Waals surface area (Å²) in [6.07, 6.45) is -0.0451. The van der Waals surface area contributed by atoms with Gasteiger partial charge in [0.1, 0.15) is 18.2 Å². The molecule has 5 rings (SSSR count). The third-order valence-corrected chi connectivity index (χ3v) is 6.82. The van der Waals surface area contributed by atoms with Gasteiger partial charge in [-0.1, -0.05) is 83.1 Å². The SMILES string of the molecule is [2H]c1c[n+](C)c(-c2c(C)ccc3c2oc2c(-c4ccc(C(C)C)cc4)c([N+]#[C-])ccc23)cc1C([2H])([2H])C(C)(C)C. The molecule has 0 aliphatic rings. The summed E-state index contributed by atoms with van der Waals surface area (Å²) in [5.41, 5.74) is 7.09. The molecule has 0 N–H and O–H groups in total. The Morgan fingerprint density at radius 1 is 1.00 bits per heavy atom. The third-order valence-electron chi connectivity index (χ3n) is 6.82. The molecule has 3 heteroatoms. The molecule has 0 amide bonds. The zero-order valence-electron chi connectivity index (χ0n) is 25.7. The monoisotopic (exact) mass is 490 g/mol. The van der Waals surface area contributed by atoms with Gasteiger partial charge in [-0.15, -0.1) is 0 Å². The number of hydrogen-bond acceptors (Lipinski definition) is 1. The molecule has 2 heterocycles. The first-order valence-corrected chi connectivity index (χ1v) is 12.7. The second-order valence-corrected chi connectivity index (χ2v) is 11.2. The van der Waals surface area contributed by atoms with Gasteiger partial charge in [0, 0.05) is 31.2 Å². The molecule has 186 valence electrons. The molecule has 0 spiro atoms. The first kappa shape index (κ1) is 21.2. The Labute approximate surface area is 224 Å². The van der Waals surface area contributed by atoms with E-state index >= 15 is 0 Å². The highest BCUT2D eigenvalue weighted by Crippen LogP contribution is 2.44. The zero-order valence-corrected chi connectivity index (χ0v) is 22.7. The van der Waals surface area contributed by atoms with Gasteiger partial charge in [0.05, 0.1) is 13.5 Å². The van der Waals surface area contributed by atoms with Crippen LogP contribution in [0.2, 0.25) is 0 Å². The van der Waals surface area contributed by atoms with Gasteiger partial charge in [-0.2, -0.15) is 0 Å². The van der Waals surface area contributed by atoms with Crippen molar-refractivity contribution in [1.29, 1.82) is 0 Å². The highest BCUT2D eigenvalue weighted by Gasteiger charge is 2.24. The molecule has 3 aromatic carbocycles. The molecule has 0 radical (unpaired) electrons. The van der Waals surface area contributed by atoms with E-state index < -0.39 is 11.8 Å². The van der Waals surface area contributed by atoms with Crippen molar-refractivity contribution in [2.75, 3.05) is 0 Å². The van der Waals surface area contributed by atoms with Gasteiger partial charge in [-0.3, -0.25) is 0 Å². The van der Waals surface area contributed by atoms with Crippen molar-refractivity contribution in [2.24, 2.45) is 12.5 Å². The van der Waals surface area contributed by atoms with Crippen LogP contribution >= 0.6 is 0 Å². The second kappa shape index (κ2) is 9.20. The molecule has 0 saturated carbocycles. The van der Waals surface area contributed by atoms with Crippen LogP contribution in [0, 0.1) is 18.9 Å². The highest BCUT2D eigenvalue weighted by atomic mass is 16.3. The Bertz CT molecular complexity index is 1820. The van der Waals surface area contributed by atoms with E-state index in [0.29, 0.717) is 28.3 Å². The zero-order chi connectivity index (χ0) is 29.1. The number of benzene rings is 3. The molecule has 3 nitrogen and oxygen atoms in total. The quantitative estimate of drug-likeness (QED) is 0.182. The van der Waals surface area contributed by atoms with Crippen LogP contribution in [0.3, 0.4) is 0 Å². The van der Waals surface area contributed by atoms with Crippen LogP contribution in [0.1, 0.15) is 61.3 Å². The molecule has 0 aliphatic carbocycles. The van der Waals surface area contributed by atoms with E-state index in [1.807, 2.05) is 51.4 Å². The van der Waals surface area contributed by atoms with E-state index in [1.165, 1.54) is 5.56 Å². The summed E-state index contributed by atoms with van der Waals surface area (Å²) >= 11 is 0. The Morgan fingerprint density at radius 2 is 1.65 bits per heavy atom. The van der Waals surface area contributed by atoms with Crippen molar-refractivity contribution >= 4 is 27.6 Å². The molecule has 5 aromatic rings. The maximum Gasteiger partial charge on any atom is 0.216 e. The third kappa shape index (κ3) is 4.53. The molecule has 2 aromatic heterocycles. The summed E-state index contributed by atoms with van der Waals surface area (Å²) in [4.78, 5) is 3.83. The van der Waals surface area contributed by atoms with Crippen LogP contribution in [0.15, 0.2) is 71.3 Å². The molecule has 0 saturated heterocycles. The minimum atomic E-state index is -1.72. The molecule has 0 fully saturated rings. The van der Waals surface area contributed by atoms with Crippen molar-refractivity contribution in [1.82, 2.24) is 0 Å². The van der Waals surface area contributed by atoms with Crippen molar-refractivity contribution in [2.45, 2.75) is 53.8 Å². The smallest absolute Gasteiger partial charge is 0.216 e. The lowest BCUT2D eigenvalue weighted by Gasteiger charge is -2.18. The van der Waals surface area contributed by atoms with E-state index in [0.717, 1.165) is 38.7 Å². The first-order valence-electron chi connectivity index (χ1n) is 14.2. The van der Waals surface area contributed by atoms with Crippen LogP contribution in [0.25, 0.3) is 49.2 Å². The standard InChI is InChI=1S/C34H35N2O/c1-21(2)24-10-12-25(13-11-24)31-28(35-7)16-15-27-26-14-9-22(3)30(32(26)37-33(27)31)29-19-23(17-18-36(29)8)20-34(4,5)6/h9-19,21H,20H2,1-6,8H3/q+1/i17D,20D2. The highest BCUT2D eigenvalue weighted by molar-refractivity contribution is 6.15. The van der Waals surface area contributed by atoms with Crippen molar-refractivity contribution in [3.05, 3.63) is 94.9 Å². The minimum Gasteiger partial charge on any atom is -0.456 e. The van der Waals surface area contributed by atoms with Gasteiger partial charge in [0.25, 0.3) is 0 Å². The Balaban J connectivity index is 1.83. The number of aromatic nitrogens is 1. The predicted molar refractivity (Wildman–Crippen MR) is 154 cm³/mol. The second-order valence-electron chi connectivity index (χ2n) is 11.2. The van der Waals surface area contributed by atoms with Crippen LogP contribution in [-0.4, -0.2) is 0 Å². The Morgan fingerprint density at radius 3 is 2.27 bits per heavy atom. The fraction of sp³-hybridized carbons (Fsp3) is 0.294. The fourth-order valence-electron chi connectivity index (χ4n) is 4.96. The number of rotatable bonds is 4. The van der Waals surface area contributed by atoms with E-state index in [2.05, 4.69) is 55.1 Å². The lowest BCUT2D eigenvalue weighted by atomic mass is 9.87. The normalized spacial score (nSPS) is 13.5. The summed E-state index contributed by atoms with van der Waals surface area (Å²) in [6, 6.07) is 18.2. The van der Waals surface area contributed by atoms with Crippen LogP contribution < -0.4 is 4.57 Å². The van der Waals surface area contributed by atoms with E-state index in [9.17, 15) is 0 Å². The van der Waals surface area contributed by atoms with E-state index in [-0.39, 0.29) is 6.04 Å². The van der Waals surface area contributed by atoms with Gasteiger partial charge in [0.15, 0.2) is 11.9 Å². The number of fused-ring (bicyclic) bond motifs is 3. The van der Waals surface area contributed by atoms with Crippen LogP contribution in [-0.2, 0) is 13.4 Å². The van der Waals surface area contributed by atoms with Gasteiger partial charge in [0.2, 0.25) is 5.69 Å². The number of nitrogens with zero attached hydrogens (tertiary/aromatic N) is 2. The summed E-state index contributed by atoms with van der Waals surface area (Å²) < 4.78 is 35.0. The number of furan rings is 1. The average Bonchev–Trinajstić information content (AvgIpc) is 3.26. The molecule has 0 bridgehead atoms. The maximum atomic E-state index is 8.89. The Kier molecular flexibility index (Phi) is 5.27. The topological polar surface area (TPSA) is 21.4 Å². The molecular weight excluding hydrogens is 452 g/mol. The van der Waals surface area contributed by atoms with E-state index in [4.69, 9.17) is 15.1 Å². The van der Waals surface area contributed by atoms with Crippen molar-refractivity contribution in [3.63, 3.8) is 0 Å². The predicted octanol–water partition coefficient (Wildman–Crippen LogP) is 9.32. The van der Waals surface area contributed by atoms with E-state index in [1.54, 1.807) is 12.3 Å². The van der Waals surface area contributed by atoms with Gasteiger partial charge in [-0.05, 0) is 46.9 Å². The molecule has 0 atom stereocenters. The lowest BCUT2D eigenvalue weighted by Crippen LogP contribution is -2.31.